The van der Waals surface area contributed by atoms with E-state index in [0.717, 1.165) is 0 Å². The van der Waals surface area contributed by atoms with E-state index in [1.807, 2.05) is 20.8 Å². The summed E-state index contributed by atoms with van der Waals surface area (Å²) >= 11 is 0. The topological polar surface area (TPSA) is 67.8 Å². The molecule has 0 radical (unpaired) electrons. The smallest absolute Gasteiger partial charge is 0.323 e. The molecule has 0 heterocycles. The van der Waals surface area contributed by atoms with Gasteiger partial charge in [-0.1, -0.05) is 0 Å². The largest absolute Gasteiger partial charge is 0.480 e. The van der Waals surface area contributed by atoms with E-state index in [9.17, 15) is 9.90 Å². The first kappa shape index (κ1) is 16.4. The van der Waals surface area contributed by atoms with Crippen LogP contribution in [0.15, 0.2) is 0 Å². The van der Waals surface area contributed by atoms with Gasteiger partial charge >= 0.3 is 5.97 Å². The summed E-state index contributed by atoms with van der Waals surface area (Å²) < 4.78 is 10.4. The van der Waals surface area contributed by atoms with Crippen molar-refractivity contribution in [3.8, 4) is 0 Å². The minimum Gasteiger partial charge on any atom is -0.480 e. The first-order valence-electron chi connectivity index (χ1n) is 5.93. The molecule has 0 aliphatic heterocycles. The van der Waals surface area contributed by atoms with Crippen LogP contribution in [0.1, 0.15) is 34.1 Å². The van der Waals surface area contributed by atoms with Gasteiger partial charge in [-0.15, -0.1) is 0 Å². The Hall–Kier alpha value is -0.650. The maximum Gasteiger partial charge on any atom is 0.323 e. The van der Waals surface area contributed by atoms with Crippen LogP contribution in [0, 0.1) is 0 Å². The number of nitrogens with one attached hydrogen (secondary N) is 1. The maximum absolute atomic E-state index is 11.3. The van der Waals surface area contributed by atoms with E-state index in [1.54, 1.807) is 14.0 Å². The molecule has 5 nitrogen and oxygen atoms in total. The van der Waals surface area contributed by atoms with Gasteiger partial charge in [-0.2, -0.15) is 0 Å². The normalized spacial score (nSPS) is 16.8. The molecular weight excluding hydrogens is 222 g/mol. The molecular formula is C12H25NO4. The second-order valence-corrected chi connectivity index (χ2v) is 4.81. The standard InChI is InChI=1S/C12H25NO4/c1-9(2)13-12(4,11(14)15)8-10(3)17-7-6-16-5/h9-10,13H,6-8H2,1-5H3,(H,14,15). The predicted molar refractivity (Wildman–Crippen MR) is 66.2 cm³/mol. The van der Waals surface area contributed by atoms with E-state index in [1.165, 1.54) is 0 Å². The Labute approximate surface area is 103 Å². The number of carbonyl (C=O) groups is 1. The Morgan fingerprint density at radius 1 is 1.35 bits per heavy atom. The number of methoxy groups -OCH3 is 1. The zero-order valence-electron chi connectivity index (χ0n) is 11.4. The Morgan fingerprint density at radius 2 is 1.94 bits per heavy atom. The Bertz CT molecular complexity index is 233. The average Bonchev–Trinajstić information content (AvgIpc) is 2.16. The van der Waals surface area contributed by atoms with Gasteiger partial charge in [0.15, 0.2) is 0 Å². The van der Waals surface area contributed by atoms with Crippen LogP contribution in [0.3, 0.4) is 0 Å². The average molecular weight is 247 g/mol. The van der Waals surface area contributed by atoms with E-state index >= 15 is 0 Å². The Morgan fingerprint density at radius 3 is 2.35 bits per heavy atom. The molecule has 0 spiro atoms. The minimum atomic E-state index is -0.958. The summed E-state index contributed by atoms with van der Waals surface area (Å²) in [5, 5.41) is 12.3. The van der Waals surface area contributed by atoms with Gasteiger partial charge in [0.2, 0.25) is 0 Å². The van der Waals surface area contributed by atoms with Gasteiger partial charge in [-0.25, -0.2) is 0 Å². The molecule has 0 saturated heterocycles. The second-order valence-electron chi connectivity index (χ2n) is 4.81. The summed E-state index contributed by atoms with van der Waals surface area (Å²) in [5.41, 5.74) is -0.958. The van der Waals surface area contributed by atoms with E-state index in [0.29, 0.717) is 19.6 Å². The van der Waals surface area contributed by atoms with E-state index < -0.39 is 11.5 Å². The monoisotopic (exact) mass is 247 g/mol. The van der Waals surface area contributed by atoms with Crippen molar-refractivity contribution in [2.75, 3.05) is 20.3 Å². The SMILES string of the molecule is COCCOC(C)CC(C)(NC(C)C)C(=O)O. The number of hydrogen-bond donors (Lipinski definition) is 2. The van der Waals surface area contributed by atoms with Crippen LogP contribution in [0.4, 0.5) is 0 Å². The van der Waals surface area contributed by atoms with Gasteiger partial charge < -0.3 is 14.6 Å². The lowest BCUT2D eigenvalue weighted by atomic mass is 9.94. The summed E-state index contributed by atoms with van der Waals surface area (Å²) in [5.74, 6) is -0.853. The molecule has 0 aromatic carbocycles. The van der Waals surface area contributed by atoms with Crippen LogP contribution in [-0.2, 0) is 14.3 Å². The summed E-state index contributed by atoms with van der Waals surface area (Å²) in [6.07, 6.45) is 0.294. The molecule has 2 unspecified atom stereocenters. The lowest BCUT2D eigenvalue weighted by Crippen LogP contribution is -2.54. The molecule has 102 valence electrons. The van der Waals surface area contributed by atoms with Crippen molar-refractivity contribution in [1.29, 1.82) is 0 Å². The second kappa shape index (κ2) is 7.63. The first-order chi connectivity index (χ1) is 7.81. The quantitative estimate of drug-likeness (QED) is 0.601. The van der Waals surface area contributed by atoms with Crippen molar-refractivity contribution in [1.82, 2.24) is 5.32 Å². The molecule has 0 saturated carbocycles. The zero-order chi connectivity index (χ0) is 13.5. The number of hydrogen-bond acceptors (Lipinski definition) is 4. The molecule has 2 atom stereocenters. The molecule has 0 bridgehead atoms. The number of rotatable bonds is 9. The molecule has 0 aromatic rings. The minimum absolute atomic E-state index is 0.113. The van der Waals surface area contributed by atoms with Gasteiger partial charge in [0.05, 0.1) is 19.3 Å². The first-order valence-corrected chi connectivity index (χ1v) is 5.93. The van der Waals surface area contributed by atoms with Crippen molar-refractivity contribution in [2.45, 2.75) is 51.8 Å². The zero-order valence-corrected chi connectivity index (χ0v) is 11.4. The van der Waals surface area contributed by atoms with Crippen molar-refractivity contribution in [3.05, 3.63) is 0 Å². The molecule has 0 aromatic heterocycles. The molecule has 17 heavy (non-hydrogen) atoms. The highest BCUT2D eigenvalue weighted by molar-refractivity contribution is 5.78. The molecule has 0 rings (SSSR count). The predicted octanol–water partition coefficient (Wildman–Crippen LogP) is 1.27. The fourth-order valence-corrected chi connectivity index (χ4v) is 1.81. The highest BCUT2D eigenvalue weighted by atomic mass is 16.5. The number of carboxylic acid groups (broad SMARTS) is 1. The van der Waals surface area contributed by atoms with Crippen LogP contribution in [-0.4, -0.2) is 49.1 Å². The van der Waals surface area contributed by atoms with E-state index in [4.69, 9.17) is 9.47 Å². The van der Waals surface area contributed by atoms with Gasteiger partial charge in [0.1, 0.15) is 5.54 Å². The molecule has 0 aliphatic carbocycles. The van der Waals surface area contributed by atoms with E-state index in [2.05, 4.69) is 5.32 Å². The number of ether oxygens (including phenoxy) is 2. The van der Waals surface area contributed by atoms with Crippen LogP contribution < -0.4 is 5.32 Å². The van der Waals surface area contributed by atoms with Crippen molar-refractivity contribution in [2.24, 2.45) is 0 Å². The molecule has 2 N–H and O–H groups in total. The maximum atomic E-state index is 11.3. The fourth-order valence-electron chi connectivity index (χ4n) is 1.81. The highest BCUT2D eigenvalue weighted by Gasteiger charge is 2.35. The summed E-state index contributed by atoms with van der Waals surface area (Å²) in [4.78, 5) is 11.3. The van der Waals surface area contributed by atoms with Crippen molar-refractivity contribution in [3.63, 3.8) is 0 Å². The summed E-state index contributed by atoms with van der Waals surface area (Å²) in [6.45, 7) is 8.42. The van der Waals surface area contributed by atoms with Crippen molar-refractivity contribution >= 4 is 5.97 Å². The van der Waals surface area contributed by atoms with Crippen LogP contribution in [0.25, 0.3) is 0 Å². The van der Waals surface area contributed by atoms with Crippen molar-refractivity contribution < 1.29 is 19.4 Å². The molecule has 0 amide bonds. The highest BCUT2D eigenvalue weighted by Crippen LogP contribution is 2.16. The van der Waals surface area contributed by atoms with Gasteiger partial charge in [0.25, 0.3) is 0 Å². The Balaban J connectivity index is 4.28. The van der Waals surface area contributed by atoms with Gasteiger partial charge in [-0.3, -0.25) is 10.1 Å². The van der Waals surface area contributed by atoms with Crippen LogP contribution >= 0.6 is 0 Å². The third kappa shape index (κ3) is 6.61. The summed E-state index contributed by atoms with van der Waals surface area (Å²) in [6, 6.07) is 0.113. The van der Waals surface area contributed by atoms with Crippen LogP contribution in [0.2, 0.25) is 0 Å². The third-order valence-corrected chi connectivity index (χ3v) is 2.46. The lowest BCUT2D eigenvalue weighted by molar-refractivity contribution is -0.146. The third-order valence-electron chi connectivity index (χ3n) is 2.46. The number of carboxylic acids is 1. The molecule has 0 aliphatic rings. The Kier molecular flexibility index (Phi) is 7.34. The fraction of sp³-hybridized carbons (Fsp3) is 0.917. The molecule has 0 fully saturated rings. The summed E-state index contributed by atoms with van der Waals surface area (Å²) in [7, 11) is 1.61. The number of aliphatic carboxylic acids is 1. The lowest BCUT2D eigenvalue weighted by Gasteiger charge is -2.31. The molecule has 5 heteroatoms. The van der Waals surface area contributed by atoms with Gasteiger partial charge in [-0.05, 0) is 27.7 Å². The van der Waals surface area contributed by atoms with Gasteiger partial charge in [0, 0.05) is 19.6 Å². The van der Waals surface area contributed by atoms with Crippen LogP contribution in [0.5, 0.6) is 0 Å². The van der Waals surface area contributed by atoms with E-state index in [-0.39, 0.29) is 12.1 Å².